The van der Waals surface area contributed by atoms with Crippen LogP contribution < -0.4 is 4.74 Å². The van der Waals surface area contributed by atoms with Gasteiger partial charge in [0.1, 0.15) is 11.9 Å². The van der Waals surface area contributed by atoms with E-state index in [1.165, 1.54) is 0 Å². The van der Waals surface area contributed by atoms with Crippen molar-refractivity contribution in [2.45, 2.75) is 19.4 Å². The van der Waals surface area contributed by atoms with Crippen molar-refractivity contribution < 1.29 is 9.84 Å². The first kappa shape index (κ1) is 15.2. The molecule has 2 aromatic rings. The van der Waals surface area contributed by atoms with Crippen molar-refractivity contribution >= 4 is 23.2 Å². The van der Waals surface area contributed by atoms with E-state index in [9.17, 15) is 5.11 Å². The Morgan fingerprint density at radius 2 is 1.70 bits per heavy atom. The molecule has 4 heteroatoms. The first-order chi connectivity index (χ1) is 9.65. The van der Waals surface area contributed by atoms with Crippen molar-refractivity contribution in [3.63, 3.8) is 0 Å². The molecule has 0 fully saturated rings. The van der Waals surface area contributed by atoms with Crippen LogP contribution in [-0.2, 0) is 0 Å². The summed E-state index contributed by atoms with van der Waals surface area (Å²) >= 11 is 12.3. The molecular weight excluding hydrogens is 295 g/mol. The average molecular weight is 311 g/mol. The van der Waals surface area contributed by atoms with E-state index in [4.69, 9.17) is 27.9 Å². The van der Waals surface area contributed by atoms with Crippen LogP contribution in [0.15, 0.2) is 42.5 Å². The van der Waals surface area contributed by atoms with Gasteiger partial charge in [0.25, 0.3) is 0 Å². The first-order valence-electron chi connectivity index (χ1n) is 6.48. The van der Waals surface area contributed by atoms with Crippen molar-refractivity contribution in [1.29, 1.82) is 0 Å². The molecule has 1 N–H and O–H groups in total. The molecule has 0 amide bonds. The van der Waals surface area contributed by atoms with Crippen LogP contribution in [0.5, 0.6) is 5.75 Å². The fraction of sp³-hybridized carbons (Fsp3) is 0.250. The summed E-state index contributed by atoms with van der Waals surface area (Å²) < 4.78 is 5.66. The normalized spacial score (nSPS) is 12.2. The molecular formula is C16H16Cl2O2. The SMILES string of the molecule is CCCOc1ccccc1C(O)c1c(Cl)cccc1Cl. The van der Waals surface area contributed by atoms with Crippen LogP contribution in [0, 0.1) is 0 Å². The Bertz CT molecular complexity index is 564. The molecule has 0 bridgehead atoms. The van der Waals surface area contributed by atoms with Gasteiger partial charge in [0, 0.05) is 21.2 Å². The maximum absolute atomic E-state index is 10.6. The molecule has 1 unspecified atom stereocenters. The van der Waals surface area contributed by atoms with Gasteiger partial charge in [0.2, 0.25) is 0 Å². The number of para-hydroxylation sites is 1. The lowest BCUT2D eigenvalue weighted by Gasteiger charge is -2.18. The van der Waals surface area contributed by atoms with E-state index in [-0.39, 0.29) is 0 Å². The van der Waals surface area contributed by atoms with Crippen molar-refractivity contribution in [2.24, 2.45) is 0 Å². The zero-order valence-electron chi connectivity index (χ0n) is 11.1. The largest absolute Gasteiger partial charge is 0.493 e. The standard InChI is InChI=1S/C16H16Cl2O2/c1-2-10-20-14-9-4-3-6-11(14)16(19)15-12(17)7-5-8-13(15)18/h3-9,16,19H,2,10H2,1H3. The average Bonchev–Trinajstić information content (AvgIpc) is 2.45. The van der Waals surface area contributed by atoms with E-state index in [2.05, 4.69) is 0 Å². The number of rotatable bonds is 5. The lowest BCUT2D eigenvalue weighted by Crippen LogP contribution is -2.06. The maximum atomic E-state index is 10.6. The van der Waals surface area contributed by atoms with Crippen molar-refractivity contribution in [3.05, 3.63) is 63.6 Å². The lowest BCUT2D eigenvalue weighted by atomic mass is 10.0. The Kier molecular flexibility index (Phi) is 5.30. The van der Waals surface area contributed by atoms with Crippen LogP contribution in [-0.4, -0.2) is 11.7 Å². The van der Waals surface area contributed by atoms with Gasteiger partial charge in [0.15, 0.2) is 0 Å². The summed E-state index contributed by atoms with van der Waals surface area (Å²) in [7, 11) is 0. The smallest absolute Gasteiger partial charge is 0.125 e. The van der Waals surface area contributed by atoms with Gasteiger partial charge in [-0.3, -0.25) is 0 Å². The molecule has 2 nitrogen and oxygen atoms in total. The highest BCUT2D eigenvalue weighted by atomic mass is 35.5. The molecule has 106 valence electrons. The Labute approximate surface area is 128 Å². The molecule has 0 radical (unpaired) electrons. The van der Waals surface area contributed by atoms with E-state index >= 15 is 0 Å². The predicted octanol–water partition coefficient (Wildman–Crippen LogP) is 4.86. The third-order valence-corrected chi connectivity index (χ3v) is 3.61. The van der Waals surface area contributed by atoms with Crippen molar-refractivity contribution in [3.8, 4) is 5.75 Å². The molecule has 0 aliphatic carbocycles. The summed E-state index contributed by atoms with van der Waals surface area (Å²) in [6, 6.07) is 12.5. The summed E-state index contributed by atoms with van der Waals surface area (Å²) in [5.74, 6) is 0.651. The van der Waals surface area contributed by atoms with Gasteiger partial charge >= 0.3 is 0 Å². The Morgan fingerprint density at radius 3 is 2.35 bits per heavy atom. The summed E-state index contributed by atoms with van der Waals surface area (Å²) in [5, 5.41) is 11.5. The zero-order valence-corrected chi connectivity index (χ0v) is 12.7. The van der Waals surface area contributed by atoms with Gasteiger partial charge in [0.05, 0.1) is 6.61 Å². The highest BCUT2D eigenvalue weighted by Crippen LogP contribution is 2.37. The molecule has 0 spiro atoms. The van der Waals surface area contributed by atoms with Gasteiger partial charge in [-0.05, 0) is 24.6 Å². The molecule has 0 aliphatic rings. The zero-order chi connectivity index (χ0) is 14.5. The Morgan fingerprint density at radius 1 is 1.05 bits per heavy atom. The number of halogens is 2. The van der Waals surface area contributed by atoms with Gasteiger partial charge in [-0.25, -0.2) is 0 Å². The Balaban J connectivity index is 2.40. The molecule has 0 aromatic heterocycles. The fourth-order valence-electron chi connectivity index (χ4n) is 1.98. The fourth-order valence-corrected chi connectivity index (χ4v) is 2.58. The van der Waals surface area contributed by atoms with Gasteiger partial charge in [-0.2, -0.15) is 0 Å². The van der Waals surface area contributed by atoms with E-state index < -0.39 is 6.10 Å². The van der Waals surface area contributed by atoms with Crippen LogP contribution in [0.25, 0.3) is 0 Å². The second kappa shape index (κ2) is 6.98. The first-order valence-corrected chi connectivity index (χ1v) is 7.24. The van der Waals surface area contributed by atoms with Crippen LogP contribution in [0.3, 0.4) is 0 Å². The highest BCUT2D eigenvalue weighted by Gasteiger charge is 2.20. The lowest BCUT2D eigenvalue weighted by molar-refractivity contribution is 0.211. The van der Waals surface area contributed by atoms with E-state index in [0.29, 0.717) is 33.5 Å². The van der Waals surface area contributed by atoms with Crippen LogP contribution >= 0.6 is 23.2 Å². The molecule has 2 aromatic carbocycles. The maximum Gasteiger partial charge on any atom is 0.125 e. The summed E-state index contributed by atoms with van der Waals surface area (Å²) in [6.07, 6.45) is -0.0126. The van der Waals surface area contributed by atoms with Crippen LogP contribution in [0.2, 0.25) is 10.0 Å². The molecule has 20 heavy (non-hydrogen) atoms. The number of hydrogen-bond donors (Lipinski definition) is 1. The molecule has 0 heterocycles. The van der Waals surface area contributed by atoms with Crippen molar-refractivity contribution in [2.75, 3.05) is 6.61 Å². The second-order valence-corrected chi connectivity index (χ2v) is 5.24. The summed E-state index contributed by atoms with van der Waals surface area (Å²) in [4.78, 5) is 0. The topological polar surface area (TPSA) is 29.5 Å². The summed E-state index contributed by atoms with van der Waals surface area (Å²) in [5.41, 5.74) is 1.17. The van der Waals surface area contributed by atoms with E-state index in [1.54, 1.807) is 18.2 Å². The van der Waals surface area contributed by atoms with E-state index in [1.807, 2.05) is 31.2 Å². The molecule has 1 atom stereocenters. The minimum Gasteiger partial charge on any atom is -0.493 e. The Hall–Kier alpha value is -1.22. The molecule has 0 saturated heterocycles. The van der Waals surface area contributed by atoms with Gasteiger partial charge in [-0.15, -0.1) is 0 Å². The number of aliphatic hydroxyl groups is 1. The molecule has 0 saturated carbocycles. The minimum atomic E-state index is -0.913. The third-order valence-electron chi connectivity index (χ3n) is 2.95. The summed E-state index contributed by atoms with van der Waals surface area (Å²) in [6.45, 7) is 2.63. The third kappa shape index (κ3) is 3.26. The molecule has 0 aliphatic heterocycles. The minimum absolute atomic E-state index is 0.440. The quantitative estimate of drug-likeness (QED) is 0.854. The number of ether oxygens (including phenoxy) is 1. The number of hydrogen-bond acceptors (Lipinski definition) is 2. The predicted molar refractivity (Wildman–Crippen MR) is 82.8 cm³/mol. The van der Waals surface area contributed by atoms with Crippen molar-refractivity contribution in [1.82, 2.24) is 0 Å². The van der Waals surface area contributed by atoms with Crippen LogP contribution in [0.4, 0.5) is 0 Å². The van der Waals surface area contributed by atoms with Gasteiger partial charge in [-0.1, -0.05) is 54.4 Å². The monoisotopic (exact) mass is 310 g/mol. The van der Waals surface area contributed by atoms with Crippen LogP contribution in [0.1, 0.15) is 30.6 Å². The number of benzene rings is 2. The number of aliphatic hydroxyl groups excluding tert-OH is 1. The van der Waals surface area contributed by atoms with Gasteiger partial charge < -0.3 is 9.84 Å². The van der Waals surface area contributed by atoms with E-state index in [0.717, 1.165) is 6.42 Å². The molecule has 2 rings (SSSR count). The second-order valence-electron chi connectivity index (χ2n) is 4.42. The highest BCUT2D eigenvalue weighted by molar-refractivity contribution is 6.36.